The fourth-order valence-electron chi connectivity index (χ4n) is 1.79. The average Bonchev–Trinajstić information content (AvgIpc) is 2.13. The van der Waals surface area contributed by atoms with Gasteiger partial charge < -0.3 is 14.7 Å². The molecular formula is C9H22NO5S+. The Bertz CT molecular complexity index is 272. The van der Waals surface area contributed by atoms with E-state index in [4.69, 9.17) is 14.8 Å². The molecular weight excluding hydrogens is 234 g/mol. The van der Waals surface area contributed by atoms with Gasteiger partial charge >= 0.3 is 10.1 Å². The van der Waals surface area contributed by atoms with Crippen molar-refractivity contribution in [2.75, 3.05) is 38.7 Å². The van der Waals surface area contributed by atoms with Gasteiger partial charge in [0.15, 0.2) is 0 Å². The molecule has 0 radical (unpaired) electrons. The van der Waals surface area contributed by atoms with Crippen LogP contribution in [-0.2, 0) is 10.1 Å². The number of hydrogen-bond donors (Lipinski definition) is 3. The van der Waals surface area contributed by atoms with Crippen LogP contribution in [0, 0.1) is 0 Å². The predicted octanol–water partition coefficient (Wildman–Crippen LogP) is -0.567. The third-order valence-corrected chi connectivity index (χ3v) is 3.45. The summed E-state index contributed by atoms with van der Waals surface area (Å²) in [4.78, 5) is 0. The second-order valence-corrected chi connectivity index (χ2v) is 5.45. The molecule has 0 atom stereocenters. The molecule has 6 nitrogen and oxygen atoms in total. The van der Waals surface area contributed by atoms with Gasteiger partial charge in [0.2, 0.25) is 5.88 Å². The topological polar surface area (TPSA) is 94.8 Å². The van der Waals surface area contributed by atoms with Crippen molar-refractivity contribution in [1.82, 2.24) is 0 Å². The van der Waals surface area contributed by atoms with Gasteiger partial charge in [-0.2, -0.15) is 8.42 Å². The first-order valence-corrected chi connectivity index (χ1v) is 7.02. The summed E-state index contributed by atoms with van der Waals surface area (Å²) in [5.74, 6) is -0.450. The number of aliphatic hydroxyl groups is 2. The molecule has 0 fully saturated rings. The molecule has 7 heteroatoms. The van der Waals surface area contributed by atoms with Crippen LogP contribution in [0.1, 0.15) is 19.8 Å². The van der Waals surface area contributed by atoms with Gasteiger partial charge in [0, 0.05) is 0 Å². The third-order valence-electron chi connectivity index (χ3n) is 2.57. The Hall–Kier alpha value is -0.210. The quantitative estimate of drug-likeness (QED) is 0.379. The lowest BCUT2D eigenvalue weighted by Gasteiger charge is -2.36. The van der Waals surface area contributed by atoms with Crippen LogP contribution in [0.3, 0.4) is 0 Å². The monoisotopic (exact) mass is 256 g/mol. The molecule has 0 bridgehead atoms. The number of quaternary nitrogens is 1. The fraction of sp³-hybridized carbons (Fsp3) is 1.00. The molecule has 0 rings (SSSR count). The predicted molar refractivity (Wildman–Crippen MR) is 60.4 cm³/mol. The maximum atomic E-state index is 10.9. The molecule has 0 saturated heterocycles. The van der Waals surface area contributed by atoms with Crippen molar-refractivity contribution in [1.29, 1.82) is 0 Å². The van der Waals surface area contributed by atoms with E-state index in [9.17, 15) is 8.42 Å². The number of unbranched alkanes of at least 4 members (excludes halogenated alkanes) is 1. The van der Waals surface area contributed by atoms with Crippen molar-refractivity contribution in [3.05, 3.63) is 0 Å². The molecule has 98 valence electrons. The summed E-state index contributed by atoms with van der Waals surface area (Å²) >= 11 is 0. The van der Waals surface area contributed by atoms with Crippen molar-refractivity contribution in [2.24, 2.45) is 0 Å². The van der Waals surface area contributed by atoms with E-state index >= 15 is 0 Å². The normalized spacial score (nSPS) is 13.0. The Morgan fingerprint density at radius 1 is 1.06 bits per heavy atom. The third kappa shape index (κ3) is 6.39. The number of aliphatic hydroxyl groups excluding tert-OH is 2. The first-order chi connectivity index (χ1) is 7.39. The van der Waals surface area contributed by atoms with E-state index in [1.165, 1.54) is 0 Å². The zero-order chi connectivity index (χ0) is 12.7. The highest BCUT2D eigenvalue weighted by Gasteiger charge is 2.31. The highest BCUT2D eigenvalue weighted by atomic mass is 32.2. The van der Waals surface area contributed by atoms with E-state index in [0.717, 1.165) is 12.8 Å². The van der Waals surface area contributed by atoms with Crippen LogP contribution < -0.4 is 0 Å². The smallest absolute Gasteiger partial charge is 0.316 e. The molecule has 0 saturated carbocycles. The number of hydrogen-bond acceptors (Lipinski definition) is 4. The lowest BCUT2D eigenvalue weighted by molar-refractivity contribution is -0.918. The van der Waals surface area contributed by atoms with Gasteiger partial charge in [0.25, 0.3) is 0 Å². The summed E-state index contributed by atoms with van der Waals surface area (Å²) in [6, 6.07) is 0. The average molecular weight is 256 g/mol. The van der Waals surface area contributed by atoms with Gasteiger partial charge in [-0.25, -0.2) is 0 Å². The lowest BCUT2D eigenvalue weighted by atomic mass is 10.2. The molecule has 0 aromatic carbocycles. The molecule has 0 aliphatic carbocycles. The summed E-state index contributed by atoms with van der Waals surface area (Å²) in [5, 5.41) is 17.9. The number of nitrogens with zero attached hydrogens (tertiary/aromatic N) is 1. The second-order valence-electron chi connectivity index (χ2n) is 4.02. The van der Waals surface area contributed by atoms with E-state index in [-0.39, 0.29) is 30.8 Å². The minimum Gasteiger partial charge on any atom is -0.391 e. The zero-order valence-electron chi connectivity index (χ0n) is 9.67. The maximum Gasteiger partial charge on any atom is 0.316 e. The standard InChI is InChI=1S/C9H21NO5S/c1-2-3-4-10(5-7-11,6-8-12)9-16(13,14)15/h11-12H,2-9H2,1H3/p+1. The van der Waals surface area contributed by atoms with Crippen LogP contribution in [-0.4, -0.2) is 66.4 Å². The van der Waals surface area contributed by atoms with Gasteiger partial charge in [0.05, 0.1) is 19.8 Å². The van der Waals surface area contributed by atoms with Crippen molar-refractivity contribution in [2.45, 2.75) is 19.8 Å². The summed E-state index contributed by atoms with van der Waals surface area (Å²) in [5.41, 5.74) is 0. The molecule has 0 aliphatic heterocycles. The van der Waals surface area contributed by atoms with Crippen LogP contribution in [0.2, 0.25) is 0 Å². The van der Waals surface area contributed by atoms with Gasteiger partial charge in [-0.05, 0) is 6.42 Å². The van der Waals surface area contributed by atoms with E-state index in [1.807, 2.05) is 6.92 Å². The highest BCUT2D eigenvalue weighted by molar-refractivity contribution is 7.85. The van der Waals surface area contributed by atoms with Crippen LogP contribution >= 0.6 is 0 Å². The first-order valence-electron chi connectivity index (χ1n) is 5.41. The Kier molecular flexibility index (Phi) is 7.09. The second kappa shape index (κ2) is 7.18. The van der Waals surface area contributed by atoms with Crippen molar-refractivity contribution < 1.29 is 27.7 Å². The molecule has 0 unspecified atom stereocenters. The Morgan fingerprint density at radius 3 is 1.88 bits per heavy atom. The van der Waals surface area contributed by atoms with Crippen LogP contribution in [0.15, 0.2) is 0 Å². The zero-order valence-corrected chi connectivity index (χ0v) is 10.5. The van der Waals surface area contributed by atoms with Gasteiger partial charge in [0.1, 0.15) is 13.1 Å². The van der Waals surface area contributed by atoms with E-state index in [2.05, 4.69) is 0 Å². The summed E-state index contributed by atoms with van der Waals surface area (Å²) in [6.07, 6.45) is 1.68. The molecule has 0 amide bonds. The number of rotatable bonds is 9. The lowest BCUT2D eigenvalue weighted by Crippen LogP contribution is -2.54. The van der Waals surface area contributed by atoms with Crippen molar-refractivity contribution >= 4 is 10.1 Å². The molecule has 0 heterocycles. The molecule has 16 heavy (non-hydrogen) atoms. The SMILES string of the molecule is CCCC[N+](CCO)(CCO)CS(=O)(=O)O. The highest BCUT2D eigenvalue weighted by Crippen LogP contribution is 2.11. The van der Waals surface area contributed by atoms with Gasteiger partial charge in [-0.1, -0.05) is 13.3 Å². The maximum absolute atomic E-state index is 10.9. The van der Waals surface area contributed by atoms with Crippen LogP contribution in [0.4, 0.5) is 0 Å². The molecule has 0 aromatic heterocycles. The molecule has 0 spiro atoms. The van der Waals surface area contributed by atoms with Crippen molar-refractivity contribution in [3.8, 4) is 0 Å². The van der Waals surface area contributed by atoms with E-state index in [1.54, 1.807) is 0 Å². The molecule has 0 aliphatic rings. The Labute approximate surface area is 96.8 Å². The largest absolute Gasteiger partial charge is 0.391 e. The van der Waals surface area contributed by atoms with E-state index in [0.29, 0.717) is 6.54 Å². The summed E-state index contributed by atoms with van der Waals surface area (Å²) in [7, 11) is -4.11. The van der Waals surface area contributed by atoms with Crippen LogP contribution in [0.25, 0.3) is 0 Å². The molecule has 3 N–H and O–H groups in total. The van der Waals surface area contributed by atoms with Crippen LogP contribution in [0.5, 0.6) is 0 Å². The van der Waals surface area contributed by atoms with Crippen molar-refractivity contribution in [3.63, 3.8) is 0 Å². The minimum absolute atomic E-state index is 0.0136. The van der Waals surface area contributed by atoms with Gasteiger partial charge in [-0.3, -0.25) is 4.55 Å². The molecule has 0 aromatic rings. The fourth-order valence-corrected chi connectivity index (χ4v) is 2.87. The van der Waals surface area contributed by atoms with Gasteiger partial charge in [-0.15, -0.1) is 0 Å². The summed E-state index contributed by atoms with van der Waals surface area (Å²) in [6.45, 7) is 2.61. The Morgan fingerprint density at radius 2 is 1.56 bits per heavy atom. The van der Waals surface area contributed by atoms with E-state index < -0.39 is 16.0 Å². The summed E-state index contributed by atoms with van der Waals surface area (Å²) < 4.78 is 30.8. The minimum atomic E-state index is -4.11. The first kappa shape index (κ1) is 15.8. The Balaban J connectivity index is 4.76.